The highest BCUT2D eigenvalue weighted by molar-refractivity contribution is 6.30. The lowest BCUT2D eigenvalue weighted by Gasteiger charge is -2.23. The van der Waals surface area contributed by atoms with Crippen LogP contribution in [0.1, 0.15) is 18.4 Å². The summed E-state index contributed by atoms with van der Waals surface area (Å²) in [5.41, 5.74) is 1.25. The van der Waals surface area contributed by atoms with E-state index in [1.54, 1.807) is 17.1 Å². The summed E-state index contributed by atoms with van der Waals surface area (Å²) < 4.78 is 1.74. The minimum atomic E-state index is -0.0311. The van der Waals surface area contributed by atoms with Crippen LogP contribution < -0.4 is 5.32 Å². The summed E-state index contributed by atoms with van der Waals surface area (Å²) in [6.45, 7) is 2.99. The average Bonchev–Trinajstić information content (AvgIpc) is 3.17. The highest BCUT2D eigenvalue weighted by Gasteiger charge is 2.30. The maximum Gasteiger partial charge on any atom is 0.237 e. The van der Waals surface area contributed by atoms with Crippen LogP contribution in [0.4, 0.5) is 0 Å². The van der Waals surface area contributed by atoms with Gasteiger partial charge in [-0.15, -0.1) is 0 Å². The van der Waals surface area contributed by atoms with Gasteiger partial charge in [-0.3, -0.25) is 14.4 Å². The van der Waals surface area contributed by atoms with Crippen molar-refractivity contribution < 1.29 is 4.79 Å². The van der Waals surface area contributed by atoms with Crippen LogP contribution in [0, 0.1) is 0 Å². The molecule has 0 aliphatic carbocycles. The van der Waals surface area contributed by atoms with Gasteiger partial charge in [0.25, 0.3) is 0 Å². The fourth-order valence-electron chi connectivity index (χ4n) is 3.00. The van der Waals surface area contributed by atoms with Gasteiger partial charge in [0.15, 0.2) is 0 Å². The number of nitrogens with zero attached hydrogens (tertiary/aromatic N) is 3. The van der Waals surface area contributed by atoms with Gasteiger partial charge in [0, 0.05) is 19.3 Å². The van der Waals surface area contributed by atoms with Crippen molar-refractivity contribution in [3.8, 4) is 0 Å². The first-order valence-corrected chi connectivity index (χ1v) is 8.34. The van der Waals surface area contributed by atoms with Crippen molar-refractivity contribution >= 4 is 17.5 Å². The first kappa shape index (κ1) is 16.0. The molecule has 0 unspecified atom stereocenters. The number of hydrogen-bond acceptors (Lipinski definition) is 3. The molecule has 1 aliphatic heterocycles. The normalized spacial score (nSPS) is 18.2. The zero-order chi connectivity index (χ0) is 16.1. The summed E-state index contributed by atoms with van der Waals surface area (Å²) >= 11 is 5.82. The number of benzene rings is 1. The first-order valence-electron chi connectivity index (χ1n) is 7.96. The quantitative estimate of drug-likeness (QED) is 0.883. The number of aromatic nitrogens is 2. The van der Waals surface area contributed by atoms with E-state index in [9.17, 15) is 4.79 Å². The van der Waals surface area contributed by atoms with Crippen LogP contribution in [0.5, 0.6) is 0 Å². The standard InChI is InChI=1S/C17H21ClN4O/c18-15-11-20-22(13-15)10-8-19-17(23)16-7-4-9-21(16)12-14-5-2-1-3-6-14/h1-3,5-6,11,13,16H,4,7-10,12H2,(H,19,23)/t16-/m0/s1. The molecule has 1 aromatic carbocycles. The molecule has 122 valence electrons. The smallest absolute Gasteiger partial charge is 0.237 e. The number of carbonyl (C=O) groups is 1. The van der Waals surface area contributed by atoms with E-state index < -0.39 is 0 Å². The summed E-state index contributed by atoms with van der Waals surface area (Å²) in [6.07, 6.45) is 5.35. The minimum absolute atomic E-state index is 0.0311. The van der Waals surface area contributed by atoms with Gasteiger partial charge in [-0.05, 0) is 24.9 Å². The number of rotatable bonds is 6. The van der Waals surface area contributed by atoms with E-state index in [1.807, 2.05) is 18.2 Å². The summed E-state index contributed by atoms with van der Waals surface area (Å²) in [5.74, 6) is 0.108. The molecular weight excluding hydrogens is 312 g/mol. The molecule has 1 saturated heterocycles. The maximum atomic E-state index is 12.4. The molecule has 0 spiro atoms. The van der Waals surface area contributed by atoms with Crippen LogP contribution in [0.3, 0.4) is 0 Å². The second-order valence-corrected chi connectivity index (χ2v) is 6.26. The van der Waals surface area contributed by atoms with E-state index in [-0.39, 0.29) is 11.9 Å². The van der Waals surface area contributed by atoms with Crippen LogP contribution >= 0.6 is 11.6 Å². The molecule has 23 heavy (non-hydrogen) atoms. The summed E-state index contributed by atoms with van der Waals surface area (Å²) in [7, 11) is 0. The summed E-state index contributed by atoms with van der Waals surface area (Å²) in [6, 6.07) is 10.3. The highest BCUT2D eigenvalue weighted by atomic mass is 35.5. The molecule has 0 radical (unpaired) electrons. The fraction of sp³-hybridized carbons (Fsp3) is 0.412. The van der Waals surface area contributed by atoms with Crippen molar-refractivity contribution in [3.63, 3.8) is 0 Å². The molecule has 2 heterocycles. The third-order valence-corrected chi connectivity index (χ3v) is 4.33. The second kappa shape index (κ2) is 7.62. The van der Waals surface area contributed by atoms with Gasteiger partial charge in [0.05, 0.1) is 23.8 Å². The number of carbonyl (C=O) groups excluding carboxylic acids is 1. The van der Waals surface area contributed by atoms with Crippen LogP contribution in [-0.4, -0.2) is 39.7 Å². The Morgan fingerprint density at radius 3 is 2.91 bits per heavy atom. The van der Waals surface area contributed by atoms with Gasteiger partial charge in [0.2, 0.25) is 5.91 Å². The number of halogens is 1. The zero-order valence-corrected chi connectivity index (χ0v) is 13.7. The van der Waals surface area contributed by atoms with E-state index in [1.165, 1.54) is 5.56 Å². The second-order valence-electron chi connectivity index (χ2n) is 5.83. The van der Waals surface area contributed by atoms with Crippen molar-refractivity contribution in [2.45, 2.75) is 32.0 Å². The maximum absolute atomic E-state index is 12.4. The van der Waals surface area contributed by atoms with Crippen molar-refractivity contribution in [1.82, 2.24) is 20.0 Å². The summed E-state index contributed by atoms with van der Waals surface area (Å²) in [4.78, 5) is 14.7. The van der Waals surface area contributed by atoms with Gasteiger partial charge in [0.1, 0.15) is 0 Å². The van der Waals surface area contributed by atoms with E-state index in [2.05, 4.69) is 27.4 Å². The van der Waals surface area contributed by atoms with Crippen LogP contribution in [-0.2, 0) is 17.9 Å². The Morgan fingerprint density at radius 1 is 1.35 bits per heavy atom. The molecule has 1 atom stereocenters. The third-order valence-electron chi connectivity index (χ3n) is 4.14. The Bertz CT molecular complexity index is 643. The highest BCUT2D eigenvalue weighted by Crippen LogP contribution is 2.20. The summed E-state index contributed by atoms with van der Waals surface area (Å²) in [5, 5.41) is 7.73. The molecule has 3 rings (SSSR count). The molecule has 0 saturated carbocycles. The van der Waals surface area contributed by atoms with E-state index in [0.29, 0.717) is 18.1 Å². The monoisotopic (exact) mass is 332 g/mol. The molecule has 1 N–H and O–H groups in total. The van der Waals surface area contributed by atoms with Crippen LogP contribution in [0.15, 0.2) is 42.7 Å². The largest absolute Gasteiger partial charge is 0.353 e. The molecule has 1 aromatic heterocycles. The lowest BCUT2D eigenvalue weighted by molar-refractivity contribution is -0.125. The van der Waals surface area contributed by atoms with E-state index >= 15 is 0 Å². The molecule has 1 amide bonds. The molecule has 2 aromatic rings. The Balaban J connectivity index is 1.49. The minimum Gasteiger partial charge on any atom is -0.353 e. The molecule has 1 aliphatic rings. The predicted octanol–water partition coefficient (Wildman–Crippen LogP) is 2.32. The average molecular weight is 333 g/mol. The molecule has 6 heteroatoms. The lowest BCUT2D eigenvalue weighted by atomic mass is 10.1. The Labute approximate surface area is 141 Å². The molecule has 0 bridgehead atoms. The number of likely N-dealkylation sites (tertiary alicyclic amines) is 1. The van der Waals surface area contributed by atoms with E-state index in [0.717, 1.165) is 25.9 Å². The first-order chi connectivity index (χ1) is 11.2. The van der Waals surface area contributed by atoms with Crippen molar-refractivity contribution in [2.75, 3.05) is 13.1 Å². The van der Waals surface area contributed by atoms with Gasteiger partial charge in [-0.25, -0.2) is 0 Å². The van der Waals surface area contributed by atoms with E-state index in [4.69, 9.17) is 11.6 Å². The topological polar surface area (TPSA) is 50.2 Å². The van der Waals surface area contributed by atoms with Gasteiger partial charge >= 0.3 is 0 Å². The Morgan fingerprint density at radius 2 is 2.17 bits per heavy atom. The van der Waals surface area contributed by atoms with Crippen LogP contribution in [0.2, 0.25) is 5.02 Å². The van der Waals surface area contributed by atoms with Gasteiger partial charge < -0.3 is 5.32 Å². The molecule has 1 fully saturated rings. The SMILES string of the molecule is O=C(NCCn1cc(Cl)cn1)[C@@H]1CCCN1Cc1ccccc1. The number of hydrogen-bond donors (Lipinski definition) is 1. The Hall–Kier alpha value is -1.85. The Kier molecular flexibility index (Phi) is 5.31. The van der Waals surface area contributed by atoms with Crippen molar-refractivity contribution in [3.05, 3.63) is 53.3 Å². The molecule has 5 nitrogen and oxygen atoms in total. The lowest BCUT2D eigenvalue weighted by Crippen LogP contribution is -2.43. The zero-order valence-electron chi connectivity index (χ0n) is 13.0. The third kappa shape index (κ3) is 4.33. The fourth-order valence-corrected chi connectivity index (χ4v) is 3.16. The van der Waals surface area contributed by atoms with Crippen LogP contribution in [0.25, 0.3) is 0 Å². The predicted molar refractivity (Wildman–Crippen MR) is 90.1 cm³/mol. The van der Waals surface area contributed by atoms with Crippen molar-refractivity contribution in [1.29, 1.82) is 0 Å². The molecular formula is C17H21ClN4O. The van der Waals surface area contributed by atoms with Crippen molar-refractivity contribution in [2.24, 2.45) is 0 Å². The van der Waals surface area contributed by atoms with Gasteiger partial charge in [-0.1, -0.05) is 41.9 Å². The number of nitrogens with one attached hydrogen (secondary N) is 1. The van der Waals surface area contributed by atoms with Gasteiger partial charge in [-0.2, -0.15) is 5.10 Å². The number of amides is 1.